The molecule has 0 amide bonds. The van der Waals surface area contributed by atoms with Crippen LogP contribution in [0.5, 0.6) is 0 Å². The van der Waals surface area contributed by atoms with Crippen molar-refractivity contribution in [1.29, 1.82) is 0 Å². The van der Waals surface area contributed by atoms with Crippen LogP contribution < -0.4 is 0 Å². The van der Waals surface area contributed by atoms with E-state index < -0.39 is 0 Å². The molecule has 0 N–H and O–H groups in total. The topological polar surface area (TPSA) is 0 Å². The minimum atomic E-state index is 1.27. The fraction of sp³-hybridized carbons (Fsp3) is 0.571. The fourth-order valence-corrected chi connectivity index (χ4v) is 3.19. The summed E-state index contributed by atoms with van der Waals surface area (Å²) in [4.78, 5) is 0. The molecule has 0 fully saturated rings. The van der Waals surface area contributed by atoms with E-state index in [2.05, 4.69) is 12.2 Å². The molecule has 14 heavy (non-hydrogen) atoms. The summed E-state index contributed by atoms with van der Waals surface area (Å²) in [5.74, 6) is 0. The van der Waals surface area contributed by atoms with Gasteiger partial charge in [0, 0.05) is 0 Å². The van der Waals surface area contributed by atoms with E-state index in [0.717, 1.165) is 0 Å². The summed E-state index contributed by atoms with van der Waals surface area (Å²) in [6.45, 7) is 0. The summed E-state index contributed by atoms with van der Waals surface area (Å²) in [7, 11) is 0. The highest BCUT2D eigenvalue weighted by Gasteiger charge is 2.23. The number of allylic oxidation sites excluding steroid dienone is 6. The van der Waals surface area contributed by atoms with Gasteiger partial charge in [0.1, 0.15) is 0 Å². The van der Waals surface area contributed by atoms with Gasteiger partial charge in [-0.1, -0.05) is 17.7 Å². The monoisotopic (exact) mass is 186 g/mol. The Morgan fingerprint density at radius 2 is 1.71 bits per heavy atom. The molecule has 0 saturated heterocycles. The molecule has 0 aliphatic heterocycles. The van der Waals surface area contributed by atoms with Gasteiger partial charge < -0.3 is 0 Å². The van der Waals surface area contributed by atoms with Gasteiger partial charge in [-0.25, -0.2) is 0 Å². The molecule has 3 rings (SSSR count). The lowest BCUT2D eigenvalue weighted by atomic mass is 9.75. The van der Waals surface area contributed by atoms with Crippen LogP contribution in [0.1, 0.15) is 51.4 Å². The Labute approximate surface area is 86.4 Å². The van der Waals surface area contributed by atoms with Crippen LogP contribution in [-0.4, -0.2) is 0 Å². The molecular weight excluding hydrogens is 168 g/mol. The van der Waals surface area contributed by atoms with E-state index in [1.165, 1.54) is 51.4 Å². The molecule has 3 aliphatic rings. The van der Waals surface area contributed by atoms with Gasteiger partial charge in [0.2, 0.25) is 0 Å². The Hall–Kier alpha value is -0.780. The number of hydrogen-bond acceptors (Lipinski definition) is 0. The van der Waals surface area contributed by atoms with Crippen molar-refractivity contribution >= 4 is 0 Å². The number of rotatable bonds is 0. The second-order valence-electron chi connectivity index (χ2n) is 4.73. The third kappa shape index (κ3) is 1.28. The second-order valence-corrected chi connectivity index (χ2v) is 4.73. The third-order valence-corrected chi connectivity index (χ3v) is 3.91. The van der Waals surface area contributed by atoms with Crippen molar-refractivity contribution in [1.82, 2.24) is 0 Å². The van der Waals surface area contributed by atoms with E-state index in [1.807, 2.05) is 5.57 Å². The summed E-state index contributed by atoms with van der Waals surface area (Å²) in [6, 6.07) is 0. The first-order chi connectivity index (χ1) is 6.95. The van der Waals surface area contributed by atoms with E-state index in [0.29, 0.717) is 0 Å². The van der Waals surface area contributed by atoms with Gasteiger partial charge in [0.25, 0.3) is 0 Å². The molecule has 0 nitrogen and oxygen atoms in total. The van der Waals surface area contributed by atoms with Crippen molar-refractivity contribution in [3.63, 3.8) is 0 Å². The Balaban J connectivity index is 2.03. The molecule has 3 aliphatic carbocycles. The van der Waals surface area contributed by atoms with Crippen LogP contribution in [0, 0.1) is 0 Å². The maximum Gasteiger partial charge on any atom is -0.0239 e. The molecule has 0 aromatic rings. The van der Waals surface area contributed by atoms with E-state index in [-0.39, 0.29) is 0 Å². The van der Waals surface area contributed by atoms with Gasteiger partial charge in [0.15, 0.2) is 0 Å². The lowest BCUT2D eigenvalue weighted by Gasteiger charge is -2.30. The smallest absolute Gasteiger partial charge is 0.0239 e. The van der Waals surface area contributed by atoms with Crippen molar-refractivity contribution in [2.45, 2.75) is 51.4 Å². The fourth-order valence-electron chi connectivity index (χ4n) is 3.19. The predicted molar refractivity (Wildman–Crippen MR) is 60.1 cm³/mol. The molecule has 74 valence electrons. The summed E-state index contributed by atoms with van der Waals surface area (Å²) in [6.07, 6.45) is 15.7. The first-order valence-electron chi connectivity index (χ1n) is 6.05. The highest BCUT2D eigenvalue weighted by molar-refractivity contribution is 5.48. The lowest BCUT2D eigenvalue weighted by molar-refractivity contribution is 0.628. The first-order valence-corrected chi connectivity index (χ1v) is 6.05. The van der Waals surface area contributed by atoms with Crippen molar-refractivity contribution in [2.75, 3.05) is 0 Å². The number of fused-ring (bicyclic) bond motifs is 1. The van der Waals surface area contributed by atoms with E-state index in [1.54, 1.807) is 16.7 Å². The molecule has 0 unspecified atom stereocenters. The quantitative estimate of drug-likeness (QED) is 0.529. The molecular formula is C14H18. The highest BCUT2D eigenvalue weighted by atomic mass is 14.3. The summed E-state index contributed by atoms with van der Waals surface area (Å²) < 4.78 is 0. The highest BCUT2D eigenvalue weighted by Crippen LogP contribution is 2.42. The van der Waals surface area contributed by atoms with Gasteiger partial charge in [-0.3, -0.25) is 0 Å². The molecule has 0 heterocycles. The van der Waals surface area contributed by atoms with Crippen LogP contribution in [0.25, 0.3) is 0 Å². The predicted octanol–water partition coefficient (Wildman–Crippen LogP) is 4.30. The van der Waals surface area contributed by atoms with Crippen molar-refractivity contribution in [3.05, 3.63) is 34.4 Å². The van der Waals surface area contributed by atoms with Crippen molar-refractivity contribution < 1.29 is 0 Å². The van der Waals surface area contributed by atoms with Gasteiger partial charge in [-0.15, -0.1) is 0 Å². The second kappa shape index (κ2) is 3.42. The third-order valence-electron chi connectivity index (χ3n) is 3.91. The van der Waals surface area contributed by atoms with Crippen LogP contribution >= 0.6 is 0 Å². The minimum absolute atomic E-state index is 1.27. The zero-order valence-corrected chi connectivity index (χ0v) is 8.81. The molecule has 0 saturated carbocycles. The first kappa shape index (κ1) is 8.52. The largest absolute Gasteiger partial charge is 0.0839 e. The zero-order chi connectivity index (χ0) is 9.38. The van der Waals surface area contributed by atoms with Crippen LogP contribution in [-0.2, 0) is 0 Å². The molecule has 0 aromatic heterocycles. The number of hydrogen-bond donors (Lipinski definition) is 0. The summed E-state index contributed by atoms with van der Waals surface area (Å²) >= 11 is 0. The van der Waals surface area contributed by atoms with Crippen LogP contribution in [0.2, 0.25) is 0 Å². The van der Waals surface area contributed by atoms with Gasteiger partial charge in [-0.2, -0.15) is 0 Å². The zero-order valence-electron chi connectivity index (χ0n) is 8.81. The van der Waals surface area contributed by atoms with Crippen molar-refractivity contribution in [3.8, 4) is 0 Å². The average Bonchev–Trinajstić information content (AvgIpc) is 2.29. The average molecular weight is 186 g/mol. The van der Waals surface area contributed by atoms with Gasteiger partial charge in [-0.05, 0) is 68.1 Å². The maximum atomic E-state index is 2.39. The molecule has 0 radical (unpaired) electrons. The summed E-state index contributed by atoms with van der Waals surface area (Å²) in [5.41, 5.74) is 7.00. The summed E-state index contributed by atoms with van der Waals surface area (Å²) in [5, 5.41) is 0. The van der Waals surface area contributed by atoms with Gasteiger partial charge in [0.05, 0.1) is 0 Å². The molecule has 0 spiro atoms. The van der Waals surface area contributed by atoms with Gasteiger partial charge >= 0.3 is 0 Å². The standard InChI is InChI=1S/C14H18/c1-3-7-13-11(5-1)9-10-12-6-2-4-8-14(12)13/h1,5H,2-4,6-10H2. The maximum absolute atomic E-state index is 2.39. The molecule has 0 aromatic carbocycles. The lowest BCUT2D eigenvalue weighted by Crippen LogP contribution is -2.11. The van der Waals surface area contributed by atoms with Crippen LogP contribution in [0.15, 0.2) is 34.4 Å². The van der Waals surface area contributed by atoms with E-state index >= 15 is 0 Å². The van der Waals surface area contributed by atoms with Crippen LogP contribution in [0.3, 0.4) is 0 Å². The Bertz CT molecular complexity index is 339. The SMILES string of the molecule is C1=CC2=C(CC1)C1=C(CCCC1)CC2. The van der Waals surface area contributed by atoms with Crippen molar-refractivity contribution in [2.24, 2.45) is 0 Å². The molecule has 0 bridgehead atoms. The molecule has 0 atom stereocenters. The molecule has 0 heteroatoms. The Morgan fingerprint density at radius 3 is 2.71 bits per heavy atom. The van der Waals surface area contributed by atoms with E-state index in [4.69, 9.17) is 0 Å². The Kier molecular flexibility index (Phi) is 2.08. The Morgan fingerprint density at radius 1 is 0.786 bits per heavy atom. The minimum Gasteiger partial charge on any atom is -0.0839 e. The van der Waals surface area contributed by atoms with E-state index in [9.17, 15) is 0 Å². The van der Waals surface area contributed by atoms with Crippen LogP contribution in [0.4, 0.5) is 0 Å². The normalized spacial score (nSPS) is 26.3.